The third-order valence-corrected chi connectivity index (χ3v) is 4.10. The number of anilines is 1. The Morgan fingerprint density at radius 1 is 1.10 bits per heavy atom. The molecule has 1 N–H and O–H groups in total. The molecule has 2 aromatic carbocycles. The quantitative estimate of drug-likeness (QED) is 0.898. The molecule has 104 valence electrons. The molecule has 0 saturated heterocycles. The van der Waals surface area contributed by atoms with Gasteiger partial charge in [0, 0.05) is 11.7 Å². The molecule has 1 heterocycles. The average molecular weight is 267 g/mol. The van der Waals surface area contributed by atoms with Gasteiger partial charge in [0.05, 0.1) is 7.11 Å². The molecule has 0 aliphatic carbocycles. The molecule has 2 aromatic rings. The van der Waals surface area contributed by atoms with Gasteiger partial charge in [-0.3, -0.25) is 0 Å². The predicted octanol–water partition coefficient (Wildman–Crippen LogP) is 4.23. The van der Waals surface area contributed by atoms with E-state index < -0.39 is 0 Å². The minimum Gasteiger partial charge on any atom is -0.496 e. The van der Waals surface area contributed by atoms with Gasteiger partial charge in [-0.25, -0.2) is 0 Å². The smallest absolute Gasteiger partial charge is 0.122 e. The Hall–Kier alpha value is -1.96. The van der Waals surface area contributed by atoms with Crippen molar-refractivity contribution in [2.75, 3.05) is 12.4 Å². The molecule has 2 atom stereocenters. The second-order valence-corrected chi connectivity index (χ2v) is 5.58. The first-order chi connectivity index (χ1) is 9.78. The van der Waals surface area contributed by atoms with E-state index in [0.717, 1.165) is 18.6 Å². The van der Waals surface area contributed by atoms with Gasteiger partial charge in [0.2, 0.25) is 0 Å². The van der Waals surface area contributed by atoms with Crippen LogP contribution in [0.1, 0.15) is 30.4 Å². The molecular weight excluding hydrogens is 246 g/mol. The molecule has 0 saturated carbocycles. The standard InChI is InChI=1S/C18H21NO/c1-13-11-15(16-8-4-5-9-17(16)19-13)12-14-7-3-6-10-18(14)20-2/h3-10,13,15,19H,11-12H2,1-2H3. The van der Waals surface area contributed by atoms with E-state index in [0.29, 0.717) is 12.0 Å². The van der Waals surface area contributed by atoms with Crippen LogP contribution < -0.4 is 10.1 Å². The fraction of sp³-hybridized carbons (Fsp3) is 0.333. The number of nitrogens with one attached hydrogen (secondary N) is 1. The van der Waals surface area contributed by atoms with E-state index in [9.17, 15) is 0 Å². The SMILES string of the molecule is COc1ccccc1CC1CC(C)Nc2ccccc21. The third-order valence-electron chi connectivity index (χ3n) is 4.10. The molecule has 1 aliphatic rings. The van der Waals surface area contributed by atoms with E-state index in [2.05, 4.69) is 48.6 Å². The summed E-state index contributed by atoms with van der Waals surface area (Å²) < 4.78 is 5.49. The van der Waals surface area contributed by atoms with Crippen molar-refractivity contribution >= 4 is 5.69 Å². The molecule has 2 nitrogen and oxygen atoms in total. The maximum Gasteiger partial charge on any atom is 0.122 e. The van der Waals surface area contributed by atoms with Crippen LogP contribution in [0.5, 0.6) is 5.75 Å². The van der Waals surface area contributed by atoms with Crippen LogP contribution in [0.15, 0.2) is 48.5 Å². The van der Waals surface area contributed by atoms with Crippen molar-refractivity contribution < 1.29 is 4.74 Å². The lowest BCUT2D eigenvalue weighted by Gasteiger charge is -2.31. The summed E-state index contributed by atoms with van der Waals surface area (Å²) in [5.41, 5.74) is 4.01. The first-order valence-electron chi connectivity index (χ1n) is 7.25. The van der Waals surface area contributed by atoms with Crippen LogP contribution in [0.4, 0.5) is 5.69 Å². The van der Waals surface area contributed by atoms with Gasteiger partial charge in [0.15, 0.2) is 0 Å². The predicted molar refractivity (Wildman–Crippen MR) is 83.6 cm³/mol. The van der Waals surface area contributed by atoms with E-state index in [-0.39, 0.29) is 0 Å². The van der Waals surface area contributed by atoms with Crippen LogP contribution in [0, 0.1) is 0 Å². The molecule has 0 amide bonds. The number of para-hydroxylation sites is 2. The summed E-state index contributed by atoms with van der Waals surface area (Å²) in [6, 6.07) is 17.5. The molecule has 20 heavy (non-hydrogen) atoms. The topological polar surface area (TPSA) is 21.3 Å². The van der Waals surface area contributed by atoms with Gasteiger partial charge in [-0.05, 0) is 48.9 Å². The van der Waals surface area contributed by atoms with Crippen LogP contribution in [0.25, 0.3) is 0 Å². The van der Waals surface area contributed by atoms with Crippen molar-refractivity contribution in [3.05, 3.63) is 59.7 Å². The van der Waals surface area contributed by atoms with Gasteiger partial charge in [-0.15, -0.1) is 0 Å². The number of ether oxygens (including phenoxy) is 1. The average Bonchev–Trinajstić information content (AvgIpc) is 2.47. The van der Waals surface area contributed by atoms with Gasteiger partial charge in [-0.1, -0.05) is 36.4 Å². The van der Waals surface area contributed by atoms with Gasteiger partial charge < -0.3 is 10.1 Å². The maximum atomic E-state index is 5.49. The van der Waals surface area contributed by atoms with E-state index in [1.807, 2.05) is 12.1 Å². The van der Waals surface area contributed by atoms with Crippen molar-refractivity contribution in [1.29, 1.82) is 0 Å². The molecule has 0 aromatic heterocycles. The minimum absolute atomic E-state index is 0.518. The molecule has 0 radical (unpaired) electrons. The number of fused-ring (bicyclic) bond motifs is 1. The molecule has 2 unspecified atom stereocenters. The van der Waals surface area contributed by atoms with Crippen LogP contribution in [-0.4, -0.2) is 13.2 Å². The summed E-state index contributed by atoms with van der Waals surface area (Å²) in [5.74, 6) is 1.55. The van der Waals surface area contributed by atoms with Crippen LogP contribution >= 0.6 is 0 Å². The Kier molecular flexibility index (Phi) is 3.64. The van der Waals surface area contributed by atoms with E-state index in [4.69, 9.17) is 4.74 Å². The van der Waals surface area contributed by atoms with Crippen LogP contribution in [0.2, 0.25) is 0 Å². The number of methoxy groups -OCH3 is 1. The lowest BCUT2D eigenvalue weighted by molar-refractivity contribution is 0.406. The number of benzene rings is 2. The molecule has 3 rings (SSSR count). The highest BCUT2D eigenvalue weighted by Gasteiger charge is 2.24. The fourth-order valence-electron chi connectivity index (χ4n) is 3.19. The zero-order chi connectivity index (χ0) is 13.9. The number of hydrogen-bond acceptors (Lipinski definition) is 2. The van der Waals surface area contributed by atoms with Crippen molar-refractivity contribution in [3.63, 3.8) is 0 Å². The van der Waals surface area contributed by atoms with E-state index in [1.54, 1.807) is 7.11 Å². The summed E-state index contributed by atoms with van der Waals surface area (Å²) in [7, 11) is 1.75. The van der Waals surface area contributed by atoms with E-state index in [1.165, 1.54) is 16.8 Å². The highest BCUT2D eigenvalue weighted by atomic mass is 16.5. The van der Waals surface area contributed by atoms with Crippen molar-refractivity contribution in [2.24, 2.45) is 0 Å². The number of hydrogen-bond donors (Lipinski definition) is 1. The molecule has 0 spiro atoms. The van der Waals surface area contributed by atoms with Gasteiger partial charge >= 0.3 is 0 Å². The summed E-state index contributed by atoms with van der Waals surface area (Å²) in [5, 5.41) is 3.57. The molecule has 2 heteroatoms. The highest BCUT2D eigenvalue weighted by Crippen LogP contribution is 2.37. The largest absolute Gasteiger partial charge is 0.496 e. The molecular formula is C18H21NO. The maximum absolute atomic E-state index is 5.49. The minimum atomic E-state index is 0.518. The van der Waals surface area contributed by atoms with Crippen LogP contribution in [-0.2, 0) is 6.42 Å². The van der Waals surface area contributed by atoms with Crippen molar-refractivity contribution in [3.8, 4) is 5.75 Å². The van der Waals surface area contributed by atoms with Crippen LogP contribution in [0.3, 0.4) is 0 Å². The Labute approximate surface area is 120 Å². The zero-order valence-electron chi connectivity index (χ0n) is 12.1. The normalized spacial score (nSPS) is 20.9. The Bertz CT molecular complexity index is 593. The second-order valence-electron chi connectivity index (χ2n) is 5.58. The second kappa shape index (κ2) is 5.58. The number of rotatable bonds is 3. The first-order valence-corrected chi connectivity index (χ1v) is 7.25. The Morgan fingerprint density at radius 2 is 1.85 bits per heavy atom. The van der Waals surface area contributed by atoms with E-state index >= 15 is 0 Å². The Balaban J connectivity index is 1.91. The monoisotopic (exact) mass is 267 g/mol. The zero-order valence-corrected chi connectivity index (χ0v) is 12.1. The summed E-state index contributed by atoms with van der Waals surface area (Å²) in [4.78, 5) is 0. The van der Waals surface area contributed by atoms with Gasteiger partial charge in [-0.2, -0.15) is 0 Å². The van der Waals surface area contributed by atoms with Gasteiger partial charge in [0.1, 0.15) is 5.75 Å². The lowest BCUT2D eigenvalue weighted by atomic mass is 9.83. The third kappa shape index (κ3) is 2.51. The van der Waals surface area contributed by atoms with Gasteiger partial charge in [0.25, 0.3) is 0 Å². The summed E-state index contributed by atoms with van der Waals surface area (Å²) >= 11 is 0. The summed E-state index contributed by atoms with van der Waals surface area (Å²) in [6.07, 6.45) is 2.20. The van der Waals surface area contributed by atoms with Crippen molar-refractivity contribution in [1.82, 2.24) is 0 Å². The summed E-state index contributed by atoms with van der Waals surface area (Å²) in [6.45, 7) is 2.26. The van der Waals surface area contributed by atoms with Crippen molar-refractivity contribution in [2.45, 2.75) is 31.7 Å². The molecule has 1 aliphatic heterocycles. The highest BCUT2D eigenvalue weighted by molar-refractivity contribution is 5.56. The molecule has 0 fully saturated rings. The fourth-order valence-corrected chi connectivity index (χ4v) is 3.19. The Morgan fingerprint density at radius 3 is 2.70 bits per heavy atom. The first kappa shape index (κ1) is 13.0. The lowest BCUT2D eigenvalue weighted by Crippen LogP contribution is -2.26. The molecule has 0 bridgehead atoms.